The lowest BCUT2D eigenvalue weighted by atomic mass is 9.73. The number of hydrogen-bond acceptors (Lipinski definition) is 5. The predicted molar refractivity (Wildman–Crippen MR) is 88.4 cm³/mol. The van der Waals surface area contributed by atoms with Crippen molar-refractivity contribution in [2.75, 3.05) is 52.5 Å². The number of benzene rings is 1. The van der Waals surface area contributed by atoms with Gasteiger partial charge in [-0.15, -0.1) is 0 Å². The maximum atomic E-state index is 12.9. The summed E-state index contributed by atoms with van der Waals surface area (Å²) in [6.45, 7) is 6.34. The van der Waals surface area contributed by atoms with Crippen molar-refractivity contribution in [3.63, 3.8) is 0 Å². The summed E-state index contributed by atoms with van der Waals surface area (Å²) in [5.74, 6) is -0.0709. The molecule has 1 N–H and O–H groups in total. The fourth-order valence-corrected chi connectivity index (χ4v) is 3.45. The zero-order valence-corrected chi connectivity index (χ0v) is 13.6. The van der Waals surface area contributed by atoms with Gasteiger partial charge in [-0.05, 0) is 31.5 Å². The summed E-state index contributed by atoms with van der Waals surface area (Å²) in [6.07, 6.45) is 1.60. The van der Waals surface area contributed by atoms with Gasteiger partial charge in [0.1, 0.15) is 6.61 Å². The molecule has 0 aliphatic carbocycles. The molecule has 1 aromatic rings. The van der Waals surface area contributed by atoms with E-state index in [-0.39, 0.29) is 5.97 Å². The minimum atomic E-state index is -0.489. The first-order chi connectivity index (χ1) is 11.3. The number of nitrogens with one attached hydrogen (secondary N) is 1. The molecule has 2 fully saturated rings. The lowest BCUT2D eigenvalue weighted by Crippen LogP contribution is -2.47. The van der Waals surface area contributed by atoms with Crippen LogP contribution in [-0.2, 0) is 19.7 Å². The zero-order chi connectivity index (χ0) is 16.0. The molecule has 1 aromatic carbocycles. The van der Waals surface area contributed by atoms with Gasteiger partial charge in [-0.2, -0.15) is 0 Å². The van der Waals surface area contributed by atoms with Crippen LogP contribution in [0.4, 0.5) is 0 Å². The third kappa shape index (κ3) is 3.91. The summed E-state index contributed by atoms with van der Waals surface area (Å²) >= 11 is 0. The number of ether oxygens (including phenoxy) is 2. The molecule has 0 saturated carbocycles. The van der Waals surface area contributed by atoms with Gasteiger partial charge in [-0.3, -0.25) is 9.69 Å². The Labute approximate surface area is 137 Å². The van der Waals surface area contributed by atoms with Crippen molar-refractivity contribution < 1.29 is 14.3 Å². The van der Waals surface area contributed by atoms with Crippen LogP contribution in [0.15, 0.2) is 30.3 Å². The van der Waals surface area contributed by atoms with E-state index in [2.05, 4.69) is 22.3 Å². The third-order valence-corrected chi connectivity index (χ3v) is 4.92. The number of piperidine rings is 1. The van der Waals surface area contributed by atoms with Gasteiger partial charge in [0.25, 0.3) is 0 Å². The number of carbonyl (C=O) groups excluding carboxylic acids is 1. The predicted octanol–water partition coefficient (Wildman–Crippen LogP) is 1.18. The second kappa shape index (κ2) is 7.90. The summed E-state index contributed by atoms with van der Waals surface area (Å²) < 4.78 is 11.0. The van der Waals surface area contributed by atoms with Crippen LogP contribution < -0.4 is 5.32 Å². The first-order valence-corrected chi connectivity index (χ1v) is 8.55. The summed E-state index contributed by atoms with van der Waals surface area (Å²) in [4.78, 5) is 15.2. The number of rotatable bonds is 5. The maximum Gasteiger partial charge on any atom is 0.316 e. The first kappa shape index (κ1) is 16.4. The molecule has 2 aliphatic rings. The van der Waals surface area contributed by atoms with Crippen LogP contribution in [0.2, 0.25) is 0 Å². The molecule has 0 radical (unpaired) electrons. The maximum absolute atomic E-state index is 12.9. The Bertz CT molecular complexity index is 494. The van der Waals surface area contributed by atoms with Crippen molar-refractivity contribution in [2.24, 2.45) is 0 Å². The molecule has 2 heterocycles. The van der Waals surface area contributed by atoms with E-state index in [1.165, 1.54) is 0 Å². The lowest BCUT2D eigenvalue weighted by molar-refractivity contribution is -0.152. The fourth-order valence-electron chi connectivity index (χ4n) is 3.45. The quantitative estimate of drug-likeness (QED) is 0.826. The van der Waals surface area contributed by atoms with Crippen molar-refractivity contribution in [2.45, 2.75) is 18.3 Å². The van der Waals surface area contributed by atoms with E-state index in [1.54, 1.807) is 0 Å². The molecular formula is C18H26N2O3. The minimum Gasteiger partial charge on any atom is -0.464 e. The van der Waals surface area contributed by atoms with Gasteiger partial charge in [-0.1, -0.05) is 30.3 Å². The highest BCUT2D eigenvalue weighted by Gasteiger charge is 2.42. The van der Waals surface area contributed by atoms with E-state index >= 15 is 0 Å². The Balaban J connectivity index is 1.61. The molecule has 3 rings (SSSR count). The Morgan fingerprint density at radius 2 is 1.87 bits per heavy atom. The second-order valence-corrected chi connectivity index (χ2v) is 6.29. The van der Waals surface area contributed by atoms with Gasteiger partial charge in [0.2, 0.25) is 0 Å². The molecular weight excluding hydrogens is 292 g/mol. The van der Waals surface area contributed by atoms with E-state index in [9.17, 15) is 4.79 Å². The Morgan fingerprint density at radius 3 is 2.57 bits per heavy atom. The molecule has 5 heteroatoms. The summed E-state index contributed by atoms with van der Waals surface area (Å²) in [7, 11) is 0. The zero-order valence-electron chi connectivity index (χ0n) is 13.6. The molecule has 0 unspecified atom stereocenters. The van der Waals surface area contributed by atoms with Crippen molar-refractivity contribution in [3.8, 4) is 0 Å². The monoisotopic (exact) mass is 318 g/mol. The van der Waals surface area contributed by atoms with Crippen LogP contribution in [0, 0.1) is 0 Å². The molecule has 2 aliphatic heterocycles. The van der Waals surface area contributed by atoms with Gasteiger partial charge >= 0.3 is 5.97 Å². The highest BCUT2D eigenvalue weighted by atomic mass is 16.5. The molecule has 0 bridgehead atoms. The number of esters is 1. The van der Waals surface area contributed by atoms with Crippen LogP contribution in [0.5, 0.6) is 0 Å². The van der Waals surface area contributed by atoms with Crippen LogP contribution in [-0.4, -0.2) is 63.4 Å². The van der Waals surface area contributed by atoms with Gasteiger partial charge in [0.15, 0.2) is 0 Å². The molecule has 0 amide bonds. The van der Waals surface area contributed by atoms with Crippen LogP contribution in [0.25, 0.3) is 0 Å². The van der Waals surface area contributed by atoms with Crippen molar-refractivity contribution in [1.29, 1.82) is 0 Å². The SMILES string of the molecule is O=C(OCCN1CCOCC1)C1(c2ccccc2)CCNCC1. The largest absolute Gasteiger partial charge is 0.464 e. The first-order valence-electron chi connectivity index (χ1n) is 8.55. The number of nitrogens with zero attached hydrogens (tertiary/aromatic N) is 1. The highest BCUT2D eigenvalue weighted by Crippen LogP contribution is 2.34. The minimum absolute atomic E-state index is 0.0709. The van der Waals surface area contributed by atoms with Gasteiger partial charge in [0, 0.05) is 19.6 Å². The van der Waals surface area contributed by atoms with E-state index < -0.39 is 5.41 Å². The fraction of sp³-hybridized carbons (Fsp3) is 0.611. The normalized spacial score (nSPS) is 21.7. The number of carbonyl (C=O) groups is 1. The molecule has 5 nitrogen and oxygen atoms in total. The van der Waals surface area contributed by atoms with E-state index in [4.69, 9.17) is 9.47 Å². The second-order valence-electron chi connectivity index (χ2n) is 6.29. The molecule has 126 valence electrons. The van der Waals surface area contributed by atoms with Gasteiger partial charge in [0.05, 0.1) is 18.6 Å². The van der Waals surface area contributed by atoms with E-state index in [0.29, 0.717) is 6.61 Å². The Kier molecular flexibility index (Phi) is 5.65. The van der Waals surface area contributed by atoms with Crippen LogP contribution in [0.1, 0.15) is 18.4 Å². The molecule has 23 heavy (non-hydrogen) atoms. The molecule has 0 aromatic heterocycles. The molecule has 0 spiro atoms. The Hall–Kier alpha value is -1.43. The van der Waals surface area contributed by atoms with Crippen molar-refractivity contribution in [1.82, 2.24) is 10.2 Å². The average Bonchev–Trinajstić information content (AvgIpc) is 2.64. The summed E-state index contributed by atoms with van der Waals surface area (Å²) in [6, 6.07) is 10.1. The highest BCUT2D eigenvalue weighted by molar-refractivity contribution is 5.83. The van der Waals surface area contributed by atoms with Crippen LogP contribution >= 0.6 is 0 Å². The summed E-state index contributed by atoms with van der Waals surface area (Å²) in [5, 5.41) is 3.34. The topological polar surface area (TPSA) is 50.8 Å². The number of morpholine rings is 1. The number of hydrogen-bond donors (Lipinski definition) is 1. The third-order valence-electron chi connectivity index (χ3n) is 4.92. The lowest BCUT2D eigenvalue weighted by Gasteiger charge is -2.36. The van der Waals surface area contributed by atoms with E-state index in [0.717, 1.165) is 64.3 Å². The van der Waals surface area contributed by atoms with Gasteiger partial charge < -0.3 is 14.8 Å². The van der Waals surface area contributed by atoms with Crippen LogP contribution in [0.3, 0.4) is 0 Å². The van der Waals surface area contributed by atoms with Crippen molar-refractivity contribution in [3.05, 3.63) is 35.9 Å². The van der Waals surface area contributed by atoms with Crippen molar-refractivity contribution >= 4 is 5.97 Å². The summed E-state index contributed by atoms with van der Waals surface area (Å²) in [5.41, 5.74) is 0.593. The van der Waals surface area contributed by atoms with E-state index in [1.807, 2.05) is 18.2 Å². The van der Waals surface area contributed by atoms with Gasteiger partial charge in [-0.25, -0.2) is 0 Å². The smallest absolute Gasteiger partial charge is 0.316 e. The Morgan fingerprint density at radius 1 is 1.17 bits per heavy atom. The molecule has 2 saturated heterocycles. The standard InChI is InChI=1S/C18H26N2O3/c21-17(23-15-12-20-10-13-22-14-11-20)18(6-8-19-9-7-18)16-4-2-1-3-5-16/h1-5,19H,6-15H2. The molecule has 0 atom stereocenters. The average molecular weight is 318 g/mol.